The van der Waals surface area contributed by atoms with Crippen LogP contribution < -0.4 is 5.56 Å². The van der Waals surface area contributed by atoms with E-state index in [0.717, 1.165) is 16.7 Å². The highest BCUT2D eigenvalue weighted by Crippen LogP contribution is 2.18. The lowest BCUT2D eigenvalue weighted by atomic mass is 10.0. The summed E-state index contributed by atoms with van der Waals surface area (Å²) < 4.78 is 1.63. The van der Waals surface area contributed by atoms with E-state index < -0.39 is 0 Å². The molecule has 16 heavy (non-hydrogen) atoms. The van der Waals surface area contributed by atoms with Crippen LogP contribution in [-0.2, 0) is 7.05 Å². The first-order valence-electron chi connectivity index (χ1n) is 5.32. The van der Waals surface area contributed by atoms with Crippen LogP contribution in [0.25, 0.3) is 11.1 Å². The summed E-state index contributed by atoms with van der Waals surface area (Å²) in [6, 6.07) is 10.3. The van der Waals surface area contributed by atoms with E-state index in [9.17, 15) is 4.79 Å². The average molecular weight is 213 g/mol. The Morgan fingerprint density at radius 1 is 1.00 bits per heavy atom. The average Bonchev–Trinajstić information content (AvgIpc) is 2.26. The van der Waals surface area contributed by atoms with Crippen LogP contribution in [0.15, 0.2) is 41.3 Å². The number of benzene rings is 1. The highest BCUT2D eigenvalue weighted by molar-refractivity contribution is 5.63. The summed E-state index contributed by atoms with van der Waals surface area (Å²) in [4.78, 5) is 11.6. The van der Waals surface area contributed by atoms with E-state index in [1.165, 1.54) is 5.56 Å². The van der Waals surface area contributed by atoms with Crippen LogP contribution in [0, 0.1) is 13.8 Å². The molecule has 0 atom stereocenters. The lowest BCUT2D eigenvalue weighted by Crippen LogP contribution is -2.18. The van der Waals surface area contributed by atoms with Gasteiger partial charge in [0, 0.05) is 18.8 Å². The van der Waals surface area contributed by atoms with Gasteiger partial charge in [0.2, 0.25) is 0 Å². The van der Waals surface area contributed by atoms with Gasteiger partial charge < -0.3 is 4.57 Å². The first kappa shape index (κ1) is 10.7. The van der Waals surface area contributed by atoms with Crippen molar-refractivity contribution < 1.29 is 0 Å². The van der Waals surface area contributed by atoms with Crippen molar-refractivity contribution in [1.29, 1.82) is 0 Å². The highest BCUT2D eigenvalue weighted by atomic mass is 16.1. The zero-order chi connectivity index (χ0) is 11.7. The van der Waals surface area contributed by atoms with Crippen molar-refractivity contribution in [3.63, 3.8) is 0 Å². The molecule has 2 rings (SSSR count). The van der Waals surface area contributed by atoms with Crippen molar-refractivity contribution in [3.05, 3.63) is 58.0 Å². The van der Waals surface area contributed by atoms with Crippen molar-refractivity contribution in [3.8, 4) is 11.1 Å². The molecule has 0 saturated carbocycles. The largest absolute Gasteiger partial charge is 0.318 e. The van der Waals surface area contributed by atoms with Crippen LogP contribution in [0.3, 0.4) is 0 Å². The minimum atomic E-state index is 0.0656. The van der Waals surface area contributed by atoms with Gasteiger partial charge in [-0.1, -0.05) is 29.8 Å². The predicted octanol–water partition coefficient (Wildman–Crippen LogP) is 2.67. The van der Waals surface area contributed by atoms with E-state index in [2.05, 4.69) is 31.2 Å². The van der Waals surface area contributed by atoms with Crippen molar-refractivity contribution in [2.75, 3.05) is 0 Å². The second-order valence-electron chi connectivity index (χ2n) is 4.19. The quantitative estimate of drug-likeness (QED) is 0.713. The molecule has 0 aliphatic carbocycles. The van der Waals surface area contributed by atoms with Crippen molar-refractivity contribution >= 4 is 0 Å². The molecule has 0 amide bonds. The molecule has 0 fully saturated rings. The zero-order valence-corrected chi connectivity index (χ0v) is 9.82. The molecular formula is C14H15NO. The van der Waals surface area contributed by atoms with Gasteiger partial charge in [0.15, 0.2) is 0 Å². The Labute approximate surface area is 95.2 Å². The molecular weight excluding hydrogens is 198 g/mol. The van der Waals surface area contributed by atoms with Gasteiger partial charge in [-0.15, -0.1) is 0 Å². The molecule has 0 aliphatic rings. The van der Waals surface area contributed by atoms with Crippen molar-refractivity contribution in [1.82, 2.24) is 4.57 Å². The lowest BCUT2D eigenvalue weighted by Gasteiger charge is -2.06. The van der Waals surface area contributed by atoms with Gasteiger partial charge in [0.1, 0.15) is 0 Å². The molecule has 0 unspecified atom stereocenters. The van der Waals surface area contributed by atoms with Crippen LogP contribution in [0.2, 0.25) is 0 Å². The second kappa shape index (κ2) is 3.97. The summed E-state index contributed by atoms with van der Waals surface area (Å²) in [6.45, 7) is 3.91. The van der Waals surface area contributed by atoms with E-state index in [0.29, 0.717) is 0 Å². The Bertz CT molecular complexity index is 538. The van der Waals surface area contributed by atoms with Crippen LogP contribution in [0.4, 0.5) is 0 Å². The third-order valence-corrected chi connectivity index (χ3v) is 2.75. The van der Waals surface area contributed by atoms with Gasteiger partial charge in [-0.3, -0.25) is 4.79 Å². The van der Waals surface area contributed by atoms with Gasteiger partial charge in [0.05, 0.1) is 0 Å². The molecule has 0 aliphatic heterocycles. The predicted molar refractivity (Wildman–Crippen MR) is 66.6 cm³/mol. The number of nitrogens with zero attached hydrogens (tertiary/aromatic N) is 1. The molecule has 1 aromatic heterocycles. The lowest BCUT2D eigenvalue weighted by molar-refractivity contribution is 0.850. The van der Waals surface area contributed by atoms with Crippen LogP contribution >= 0.6 is 0 Å². The molecule has 82 valence electrons. The van der Waals surface area contributed by atoms with E-state index in [1.54, 1.807) is 11.6 Å². The van der Waals surface area contributed by atoms with E-state index >= 15 is 0 Å². The molecule has 1 aromatic carbocycles. The SMILES string of the molecule is Cc1ccc(-c2cc(C)c(=O)n(C)c2)cc1. The first-order chi connectivity index (χ1) is 7.58. The van der Waals surface area contributed by atoms with Crippen molar-refractivity contribution in [2.24, 2.45) is 7.05 Å². The zero-order valence-electron chi connectivity index (χ0n) is 9.82. The molecule has 2 heteroatoms. The number of hydrogen-bond donors (Lipinski definition) is 0. The third kappa shape index (κ3) is 1.91. The van der Waals surface area contributed by atoms with E-state index in [1.807, 2.05) is 19.2 Å². The Balaban J connectivity index is 2.57. The van der Waals surface area contributed by atoms with Gasteiger partial charge in [-0.25, -0.2) is 0 Å². The molecule has 0 spiro atoms. The fourth-order valence-corrected chi connectivity index (χ4v) is 1.78. The Morgan fingerprint density at radius 3 is 2.19 bits per heavy atom. The Morgan fingerprint density at radius 2 is 1.62 bits per heavy atom. The summed E-state index contributed by atoms with van der Waals surface area (Å²) >= 11 is 0. The molecule has 2 nitrogen and oxygen atoms in total. The smallest absolute Gasteiger partial charge is 0.253 e. The summed E-state index contributed by atoms with van der Waals surface area (Å²) in [5.74, 6) is 0. The van der Waals surface area contributed by atoms with E-state index in [-0.39, 0.29) is 5.56 Å². The van der Waals surface area contributed by atoms with Crippen LogP contribution in [0.1, 0.15) is 11.1 Å². The van der Waals surface area contributed by atoms with Gasteiger partial charge >= 0.3 is 0 Å². The fourth-order valence-electron chi connectivity index (χ4n) is 1.78. The van der Waals surface area contributed by atoms with Gasteiger partial charge in [-0.2, -0.15) is 0 Å². The minimum absolute atomic E-state index is 0.0656. The van der Waals surface area contributed by atoms with Gasteiger partial charge in [0.25, 0.3) is 5.56 Å². The number of aryl methyl sites for hydroxylation is 3. The minimum Gasteiger partial charge on any atom is -0.318 e. The summed E-state index contributed by atoms with van der Waals surface area (Å²) in [6.07, 6.45) is 1.88. The monoisotopic (exact) mass is 213 g/mol. The second-order valence-corrected chi connectivity index (χ2v) is 4.19. The standard InChI is InChI=1S/C14H15NO/c1-10-4-6-12(7-5-10)13-8-11(2)14(16)15(3)9-13/h4-9H,1-3H3. The van der Waals surface area contributed by atoms with Crippen LogP contribution in [0.5, 0.6) is 0 Å². The van der Waals surface area contributed by atoms with Gasteiger partial charge in [-0.05, 0) is 31.0 Å². The molecule has 0 saturated heterocycles. The molecule has 0 N–H and O–H groups in total. The van der Waals surface area contributed by atoms with Crippen molar-refractivity contribution in [2.45, 2.75) is 13.8 Å². The summed E-state index contributed by atoms with van der Waals surface area (Å²) in [5.41, 5.74) is 4.31. The third-order valence-electron chi connectivity index (χ3n) is 2.75. The van der Waals surface area contributed by atoms with Crippen LogP contribution in [-0.4, -0.2) is 4.57 Å². The molecule has 1 heterocycles. The number of hydrogen-bond acceptors (Lipinski definition) is 1. The first-order valence-corrected chi connectivity index (χ1v) is 5.32. The Hall–Kier alpha value is -1.83. The maximum atomic E-state index is 11.6. The summed E-state index contributed by atoms with van der Waals surface area (Å²) in [5, 5.41) is 0. The normalized spacial score (nSPS) is 10.4. The number of rotatable bonds is 1. The topological polar surface area (TPSA) is 22.0 Å². The maximum Gasteiger partial charge on any atom is 0.253 e. The number of pyridine rings is 1. The maximum absolute atomic E-state index is 11.6. The highest BCUT2D eigenvalue weighted by Gasteiger charge is 2.02. The molecule has 0 radical (unpaired) electrons. The number of aromatic nitrogens is 1. The van der Waals surface area contributed by atoms with E-state index in [4.69, 9.17) is 0 Å². The summed E-state index contributed by atoms with van der Waals surface area (Å²) in [7, 11) is 1.78. The fraction of sp³-hybridized carbons (Fsp3) is 0.214. The Kier molecular flexibility index (Phi) is 2.65. The molecule has 0 bridgehead atoms. The molecule has 2 aromatic rings.